The number of anilines is 2. The highest BCUT2D eigenvalue weighted by molar-refractivity contribution is 6.18. The number of halogens is 2. The topological polar surface area (TPSA) is 65.7 Å². The first-order valence-corrected chi connectivity index (χ1v) is 9.65. The lowest BCUT2D eigenvalue weighted by Gasteiger charge is -2.24. The van der Waals surface area contributed by atoms with E-state index >= 15 is 0 Å². The van der Waals surface area contributed by atoms with E-state index < -0.39 is 6.09 Å². The fraction of sp³-hybridized carbons (Fsp3) is 0.250. The van der Waals surface area contributed by atoms with E-state index in [1.807, 2.05) is 42.5 Å². The molecule has 2 aromatic carbocycles. The van der Waals surface area contributed by atoms with Gasteiger partial charge in [-0.1, -0.05) is 18.2 Å². The van der Waals surface area contributed by atoms with Crippen LogP contribution in [0.1, 0.15) is 11.3 Å². The molecule has 0 bridgehead atoms. The van der Waals surface area contributed by atoms with Crippen LogP contribution in [0.2, 0.25) is 0 Å². The normalized spacial score (nSPS) is 10.9. The molecule has 0 fully saturated rings. The lowest BCUT2D eigenvalue weighted by molar-refractivity contribution is 0.209. The van der Waals surface area contributed by atoms with Gasteiger partial charge in [-0.2, -0.15) is 0 Å². The minimum Gasteiger partial charge on any atom is -0.465 e. The Morgan fingerprint density at radius 1 is 1.07 bits per heavy atom. The van der Waals surface area contributed by atoms with Crippen molar-refractivity contribution in [3.8, 4) is 0 Å². The molecule has 0 radical (unpaired) electrons. The van der Waals surface area contributed by atoms with Crippen LogP contribution in [0, 0.1) is 0 Å². The van der Waals surface area contributed by atoms with Crippen molar-refractivity contribution in [2.45, 2.75) is 6.42 Å². The van der Waals surface area contributed by atoms with Gasteiger partial charge in [0.25, 0.3) is 0 Å². The minimum atomic E-state index is -1.10. The first kappa shape index (κ1) is 19.4. The van der Waals surface area contributed by atoms with E-state index in [0.717, 1.165) is 28.0 Å². The van der Waals surface area contributed by atoms with E-state index in [1.54, 1.807) is 6.07 Å². The van der Waals surface area contributed by atoms with Crippen molar-refractivity contribution in [3.05, 3.63) is 59.9 Å². The summed E-state index contributed by atoms with van der Waals surface area (Å²) in [5.41, 5.74) is 3.10. The van der Waals surface area contributed by atoms with Crippen LogP contribution in [0.5, 0.6) is 0 Å². The molecule has 7 heteroatoms. The highest BCUT2D eigenvalue weighted by Crippen LogP contribution is 2.28. The SMILES string of the molecule is O=C(O)Nc1ccc(N(CCCl)CCCl)cc1Cc1cc2ccccc2o1. The Hall–Kier alpha value is -2.37. The fourth-order valence-electron chi connectivity index (χ4n) is 3.05. The number of rotatable bonds is 8. The Morgan fingerprint density at radius 3 is 2.48 bits per heavy atom. The molecule has 5 nitrogen and oxygen atoms in total. The second-order valence-electron chi connectivity index (χ2n) is 6.06. The predicted molar refractivity (Wildman–Crippen MR) is 111 cm³/mol. The van der Waals surface area contributed by atoms with Gasteiger partial charge in [0.05, 0.1) is 0 Å². The third-order valence-electron chi connectivity index (χ3n) is 4.25. The summed E-state index contributed by atoms with van der Waals surface area (Å²) in [6, 6.07) is 15.3. The fourth-order valence-corrected chi connectivity index (χ4v) is 3.45. The van der Waals surface area contributed by atoms with Gasteiger partial charge >= 0.3 is 6.09 Å². The molecule has 142 valence electrons. The standard InChI is InChI=1S/C20H20Cl2N2O3/c21-7-9-24(10-8-22)16-5-6-18(23-20(25)26)15(11-16)13-17-12-14-3-1-2-4-19(14)27-17/h1-6,11-12,23H,7-10,13H2,(H,25,26). The molecule has 0 atom stereocenters. The molecular formula is C20H20Cl2N2O3. The molecule has 3 aromatic rings. The van der Waals surface area contributed by atoms with Crippen molar-refractivity contribution < 1.29 is 14.3 Å². The molecule has 0 saturated heterocycles. The number of fused-ring (bicyclic) bond motifs is 1. The van der Waals surface area contributed by atoms with Crippen molar-refractivity contribution in [2.75, 3.05) is 35.1 Å². The van der Waals surface area contributed by atoms with Crippen LogP contribution in [0.4, 0.5) is 16.2 Å². The number of carboxylic acid groups (broad SMARTS) is 1. The monoisotopic (exact) mass is 406 g/mol. The van der Waals surface area contributed by atoms with Crippen LogP contribution >= 0.6 is 23.2 Å². The summed E-state index contributed by atoms with van der Waals surface area (Å²) in [5.74, 6) is 1.72. The highest BCUT2D eigenvalue weighted by Gasteiger charge is 2.13. The number of furan rings is 1. The number of carbonyl (C=O) groups is 1. The van der Waals surface area contributed by atoms with Crippen molar-refractivity contribution in [3.63, 3.8) is 0 Å². The highest BCUT2D eigenvalue weighted by atomic mass is 35.5. The Bertz CT molecular complexity index is 887. The van der Waals surface area contributed by atoms with Crippen LogP contribution in [-0.4, -0.2) is 36.0 Å². The Kier molecular flexibility index (Phi) is 6.48. The molecule has 0 saturated carbocycles. The van der Waals surface area contributed by atoms with Gasteiger partial charge in [0.15, 0.2) is 0 Å². The number of amides is 1. The van der Waals surface area contributed by atoms with Gasteiger partial charge in [-0.25, -0.2) is 4.79 Å². The average Bonchev–Trinajstić information content (AvgIpc) is 3.05. The van der Waals surface area contributed by atoms with Gasteiger partial charge in [0.2, 0.25) is 0 Å². The summed E-state index contributed by atoms with van der Waals surface area (Å²) in [4.78, 5) is 13.2. The number of hydrogen-bond acceptors (Lipinski definition) is 3. The minimum absolute atomic E-state index is 0.466. The third kappa shape index (κ3) is 4.87. The van der Waals surface area contributed by atoms with Crippen LogP contribution < -0.4 is 10.2 Å². The van der Waals surface area contributed by atoms with Gasteiger partial charge in [-0.15, -0.1) is 23.2 Å². The molecule has 0 aliphatic rings. The number of alkyl halides is 2. The van der Waals surface area contributed by atoms with E-state index in [4.69, 9.17) is 32.7 Å². The third-order valence-corrected chi connectivity index (χ3v) is 4.58. The maximum Gasteiger partial charge on any atom is 0.409 e. The molecule has 0 unspecified atom stereocenters. The van der Waals surface area contributed by atoms with E-state index in [2.05, 4.69) is 10.2 Å². The summed E-state index contributed by atoms with van der Waals surface area (Å²) >= 11 is 11.8. The van der Waals surface area contributed by atoms with Gasteiger partial charge in [0, 0.05) is 48.0 Å². The smallest absolute Gasteiger partial charge is 0.409 e. The van der Waals surface area contributed by atoms with Gasteiger partial charge in [0.1, 0.15) is 11.3 Å². The zero-order chi connectivity index (χ0) is 19.2. The number of nitrogens with zero attached hydrogens (tertiary/aromatic N) is 1. The molecule has 27 heavy (non-hydrogen) atoms. The van der Waals surface area contributed by atoms with Crippen molar-refractivity contribution in [2.24, 2.45) is 0 Å². The number of para-hydroxylation sites is 1. The van der Waals surface area contributed by atoms with Crippen LogP contribution in [-0.2, 0) is 6.42 Å². The molecule has 2 N–H and O–H groups in total. The largest absolute Gasteiger partial charge is 0.465 e. The van der Waals surface area contributed by atoms with Gasteiger partial charge in [-0.05, 0) is 35.9 Å². The summed E-state index contributed by atoms with van der Waals surface area (Å²) in [6.45, 7) is 1.31. The summed E-state index contributed by atoms with van der Waals surface area (Å²) in [7, 11) is 0. The van der Waals surface area contributed by atoms with Gasteiger partial charge < -0.3 is 14.4 Å². The Labute approximate surface area is 167 Å². The summed E-state index contributed by atoms with van der Waals surface area (Å²) in [5, 5.41) is 12.6. The maximum atomic E-state index is 11.2. The molecule has 3 rings (SSSR count). The first-order chi connectivity index (χ1) is 13.1. The summed E-state index contributed by atoms with van der Waals surface area (Å²) < 4.78 is 5.90. The molecular weight excluding hydrogens is 387 g/mol. The molecule has 0 aliphatic carbocycles. The lowest BCUT2D eigenvalue weighted by Crippen LogP contribution is -2.27. The van der Waals surface area contributed by atoms with Crippen LogP contribution in [0.25, 0.3) is 11.0 Å². The average molecular weight is 407 g/mol. The van der Waals surface area contributed by atoms with Crippen LogP contribution in [0.3, 0.4) is 0 Å². The quantitative estimate of drug-likeness (QED) is 0.491. The van der Waals surface area contributed by atoms with E-state index in [-0.39, 0.29) is 0 Å². The number of nitrogens with one attached hydrogen (secondary N) is 1. The number of benzene rings is 2. The molecule has 1 aromatic heterocycles. The lowest BCUT2D eigenvalue weighted by atomic mass is 10.1. The Balaban J connectivity index is 1.95. The van der Waals surface area contributed by atoms with Gasteiger partial charge in [-0.3, -0.25) is 5.32 Å². The maximum absolute atomic E-state index is 11.2. The van der Waals surface area contributed by atoms with Crippen LogP contribution in [0.15, 0.2) is 52.9 Å². The van der Waals surface area contributed by atoms with E-state index in [9.17, 15) is 4.79 Å². The zero-order valence-corrected chi connectivity index (χ0v) is 16.1. The Morgan fingerprint density at radius 2 is 1.81 bits per heavy atom. The van der Waals surface area contributed by atoms with Crippen molar-refractivity contribution in [1.82, 2.24) is 0 Å². The van der Waals surface area contributed by atoms with E-state index in [1.165, 1.54) is 0 Å². The second-order valence-corrected chi connectivity index (χ2v) is 6.82. The molecule has 0 spiro atoms. The molecule has 0 aliphatic heterocycles. The number of hydrogen-bond donors (Lipinski definition) is 2. The van der Waals surface area contributed by atoms with Crippen molar-refractivity contribution >= 4 is 51.6 Å². The molecule has 1 amide bonds. The van der Waals surface area contributed by atoms with E-state index in [0.29, 0.717) is 37.0 Å². The van der Waals surface area contributed by atoms with Crippen molar-refractivity contribution in [1.29, 1.82) is 0 Å². The zero-order valence-electron chi connectivity index (χ0n) is 14.6. The second kappa shape index (κ2) is 9.02. The molecule has 1 heterocycles. The predicted octanol–water partition coefficient (Wildman–Crippen LogP) is 5.40. The summed E-state index contributed by atoms with van der Waals surface area (Å²) in [6.07, 6.45) is -0.639. The first-order valence-electron chi connectivity index (χ1n) is 8.58.